The second kappa shape index (κ2) is 6.04. The van der Waals surface area contributed by atoms with Gasteiger partial charge in [-0.25, -0.2) is 9.18 Å². The highest BCUT2D eigenvalue weighted by Gasteiger charge is 2.30. The van der Waals surface area contributed by atoms with Gasteiger partial charge in [0, 0.05) is 5.25 Å². The zero-order valence-electron chi connectivity index (χ0n) is 11.6. The van der Waals surface area contributed by atoms with Gasteiger partial charge in [-0.3, -0.25) is 4.21 Å². The van der Waals surface area contributed by atoms with Gasteiger partial charge >= 0.3 is 5.97 Å². The third-order valence-electron chi connectivity index (χ3n) is 4.25. The van der Waals surface area contributed by atoms with Crippen LogP contribution in [0.4, 0.5) is 4.39 Å². The van der Waals surface area contributed by atoms with Crippen LogP contribution in [0.15, 0.2) is 23.1 Å². The van der Waals surface area contributed by atoms with Gasteiger partial charge in [0.25, 0.3) is 0 Å². The monoisotopic (exact) mass is 298 g/mol. The molecule has 1 N–H and O–H groups in total. The molecule has 5 heteroatoms. The number of hydrogen-bond acceptors (Lipinski definition) is 2. The highest BCUT2D eigenvalue weighted by molar-refractivity contribution is 7.85. The van der Waals surface area contributed by atoms with Crippen molar-refractivity contribution in [2.45, 2.75) is 43.3 Å². The summed E-state index contributed by atoms with van der Waals surface area (Å²) < 4.78 is 26.4. The average molecular weight is 298 g/mol. The zero-order chi connectivity index (χ0) is 14.9. The summed E-state index contributed by atoms with van der Waals surface area (Å²) in [5.41, 5.74) is -0.0213. The second-order valence-corrected chi connectivity index (χ2v) is 7.34. The molecular formula is C15H19FO3S. The standard InChI is InChI=1S/C15H19FO3S/c1-9-3-5-12(7-10(9)2)20(19)14-8-11(15(17)18)4-6-13(14)16/h4,6,8-10,12H,3,5,7H2,1-2H3,(H,17,18). The number of halogens is 1. The molecule has 0 aliphatic heterocycles. The Morgan fingerprint density at radius 3 is 2.60 bits per heavy atom. The van der Waals surface area contributed by atoms with Crippen LogP contribution in [0, 0.1) is 17.7 Å². The van der Waals surface area contributed by atoms with E-state index >= 15 is 0 Å². The number of carboxylic acid groups (broad SMARTS) is 1. The lowest BCUT2D eigenvalue weighted by Gasteiger charge is -2.31. The minimum atomic E-state index is -1.48. The van der Waals surface area contributed by atoms with Gasteiger partial charge < -0.3 is 5.11 Å². The molecule has 1 aromatic rings. The molecule has 0 radical (unpaired) electrons. The van der Waals surface area contributed by atoms with Crippen LogP contribution in [0.3, 0.4) is 0 Å². The summed E-state index contributed by atoms with van der Waals surface area (Å²) in [7, 11) is -1.48. The first-order valence-electron chi connectivity index (χ1n) is 6.83. The molecule has 1 aliphatic rings. The second-order valence-electron chi connectivity index (χ2n) is 5.64. The van der Waals surface area contributed by atoms with Gasteiger partial charge in [-0.2, -0.15) is 0 Å². The molecule has 2 rings (SSSR count). The van der Waals surface area contributed by atoms with Crippen molar-refractivity contribution in [3.8, 4) is 0 Å². The van der Waals surface area contributed by atoms with Crippen LogP contribution in [-0.4, -0.2) is 20.5 Å². The van der Waals surface area contributed by atoms with Gasteiger partial charge in [-0.1, -0.05) is 13.8 Å². The minimum Gasteiger partial charge on any atom is -0.478 e. The Kier molecular flexibility index (Phi) is 4.58. The average Bonchev–Trinajstić information content (AvgIpc) is 2.41. The number of benzene rings is 1. The van der Waals surface area contributed by atoms with Crippen LogP contribution < -0.4 is 0 Å². The van der Waals surface area contributed by atoms with E-state index in [1.54, 1.807) is 0 Å². The number of aromatic carboxylic acids is 1. The Balaban J connectivity index is 2.25. The Morgan fingerprint density at radius 2 is 2.00 bits per heavy atom. The molecule has 0 bridgehead atoms. The van der Waals surface area contributed by atoms with Gasteiger partial charge in [0.15, 0.2) is 0 Å². The SMILES string of the molecule is CC1CCC(S(=O)c2cc(C(=O)O)ccc2F)CC1C. The fourth-order valence-electron chi connectivity index (χ4n) is 2.66. The van der Waals surface area contributed by atoms with Crippen LogP contribution in [0.5, 0.6) is 0 Å². The highest BCUT2D eigenvalue weighted by Crippen LogP contribution is 2.34. The van der Waals surface area contributed by atoms with E-state index in [1.165, 1.54) is 12.1 Å². The summed E-state index contributed by atoms with van der Waals surface area (Å²) in [5.74, 6) is -0.657. The minimum absolute atomic E-state index is 0.0213. The van der Waals surface area contributed by atoms with Crippen LogP contribution in [0.1, 0.15) is 43.5 Å². The van der Waals surface area contributed by atoms with Gasteiger partial charge in [-0.15, -0.1) is 0 Å². The van der Waals surface area contributed by atoms with E-state index in [0.717, 1.165) is 25.3 Å². The van der Waals surface area contributed by atoms with Crippen LogP contribution in [0.25, 0.3) is 0 Å². The first-order chi connectivity index (χ1) is 9.40. The van der Waals surface area contributed by atoms with E-state index in [0.29, 0.717) is 11.8 Å². The van der Waals surface area contributed by atoms with Crippen LogP contribution in [-0.2, 0) is 10.8 Å². The van der Waals surface area contributed by atoms with E-state index in [1.807, 2.05) is 0 Å². The molecule has 4 unspecified atom stereocenters. The maximum Gasteiger partial charge on any atom is 0.335 e. The summed E-state index contributed by atoms with van der Waals surface area (Å²) in [5, 5.41) is 8.86. The van der Waals surface area contributed by atoms with Crippen LogP contribution >= 0.6 is 0 Å². The van der Waals surface area contributed by atoms with Crippen molar-refractivity contribution in [2.75, 3.05) is 0 Å². The number of hydrogen-bond donors (Lipinski definition) is 1. The van der Waals surface area contributed by atoms with Crippen LogP contribution in [0.2, 0.25) is 0 Å². The fourth-order valence-corrected chi connectivity index (χ4v) is 4.35. The first-order valence-corrected chi connectivity index (χ1v) is 8.05. The smallest absolute Gasteiger partial charge is 0.335 e. The van der Waals surface area contributed by atoms with Crippen molar-refractivity contribution in [3.63, 3.8) is 0 Å². The summed E-state index contributed by atoms with van der Waals surface area (Å²) >= 11 is 0. The molecule has 0 amide bonds. The van der Waals surface area contributed by atoms with E-state index < -0.39 is 22.6 Å². The van der Waals surface area contributed by atoms with Gasteiger partial charge in [-0.05, 0) is 49.3 Å². The molecule has 110 valence electrons. The van der Waals surface area contributed by atoms with Crippen molar-refractivity contribution >= 4 is 16.8 Å². The number of carboxylic acids is 1. The molecule has 1 saturated carbocycles. The van der Waals surface area contributed by atoms with Crippen molar-refractivity contribution in [2.24, 2.45) is 11.8 Å². The predicted molar refractivity (Wildman–Crippen MR) is 75.7 cm³/mol. The fraction of sp³-hybridized carbons (Fsp3) is 0.533. The summed E-state index contributed by atoms with van der Waals surface area (Å²) in [6.45, 7) is 4.30. The molecule has 3 nitrogen and oxygen atoms in total. The number of rotatable bonds is 3. The molecule has 20 heavy (non-hydrogen) atoms. The summed E-state index contributed by atoms with van der Waals surface area (Å²) in [6, 6.07) is 3.49. The van der Waals surface area contributed by atoms with Crippen molar-refractivity contribution < 1.29 is 18.5 Å². The third-order valence-corrected chi connectivity index (χ3v) is 6.03. The molecule has 4 atom stereocenters. The lowest BCUT2D eigenvalue weighted by atomic mass is 9.81. The lowest BCUT2D eigenvalue weighted by molar-refractivity contribution is 0.0696. The molecule has 1 aromatic carbocycles. The topological polar surface area (TPSA) is 54.4 Å². The van der Waals surface area contributed by atoms with Gasteiger partial charge in [0.05, 0.1) is 21.3 Å². The quantitative estimate of drug-likeness (QED) is 0.929. The third kappa shape index (κ3) is 3.08. The molecule has 1 fully saturated rings. The van der Waals surface area contributed by atoms with Gasteiger partial charge in [0.1, 0.15) is 5.82 Å². The van der Waals surface area contributed by atoms with Crippen molar-refractivity contribution in [3.05, 3.63) is 29.6 Å². The van der Waals surface area contributed by atoms with Crippen molar-refractivity contribution in [1.29, 1.82) is 0 Å². The first kappa shape index (κ1) is 15.2. The van der Waals surface area contributed by atoms with E-state index in [-0.39, 0.29) is 15.7 Å². The van der Waals surface area contributed by atoms with E-state index in [4.69, 9.17) is 5.11 Å². The molecule has 0 saturated heterocycles. The molecular weight excluding hydrogens is 279 g/mol. The molecule has 1 aliphatic carbocycles. The van der Waals surface area contributed by atoms with Gasteiger partial charge in [0.2, 0.25) is 0 Å². The molecule has 0 heterocycles. The Morgan fingerprint density at radius 1 is 1.30 bits per heavy atom. The zero-order valence-corrected chi connectivity index (χ0v) is 12.5. The normalized spacial score (nSPS) is 28.1. The predicted octanol–water partition coefficient (Wildman–Crippen LogP) is 3.46. The van der Waals surface area contributed by atoms with E-state index in [9.17, 15) is 13.4 Å². The Bertz CT molecular complexity index is 544. The Hall–Kier alpha value is -1.23. The van der Waals surface area contributed by atoms with E-state index in [2.05, 4.69) is 13.8 Å². The summed E-state index contributed by atoms with van der Waals surface area (Å²) in [6.07, 6.45) is 2.58. The largest absolute Gasteiger partial charge is 0.478 e. The maximum atomic E-state index is 13.8. The molecule has 0 aromatic heterocycles. The highest BCUT2D eigenvalue weighted by atomic mass is 32.2. The Labute approximate surface area is 120 Å². The number of carbonyl (C=O) groups is 1. The lowest BCUT2D eigenvalue weighted by Crippen LogP contribution is -2.28. The maximum absolute atomic E-state index is 13.8. The molecule has 0 spiro atoms. The van der Waals surface area contributed by atoms with Crippen molar-refractivity contribution in [1.82, 2.24) is 0 Å². The summed E-state index contributed by atoms with van der Waals surface area (Å²) in [4.78, 5) is 11.0.